The topological polar surface area (TPSA) is 136 Å². The maximum absolute atomic E-state index is 10.9. The molecule has 0 amide bonds. The number of aryl methyl sites for hydroxylation is 1. The Morgan fingerprint density at radius 3 is 2.67 bits per heavy atom. The molecule has 0 fully saturated rings. The summed E-state index contributed by atoms with van der Waals surface area (Å²) in [7, 11) is -0.985. The Morgan fingerprint density at radius 2 is 2.17 bits per heavy atom. The van der Waals surface area contributed by atoms with Crippen LogP contribution in [0.4, 0.5) is 17.5 Å². The van der Waals surface area contributed by atoms with Crippen LogP contribution in [0, 0.1) is 17.0 Å². The lowest BCUT2D eigenvalue weighted by molar-refractivity contribution is -0.385. The molecular weight excluding hydrogens is 260 g/mol. The molecule has 0 spiro atoms. The molecule has 9 nitrogen and oxygen atoms in total. The van der Waals surface area contributed by atoms with Crippen LogP contribution in [-0.2, 0) is 10.8 Å². The number of rotatable bonds is 6. The van der Waals surface area contributed by atoms with E-state index in [4.69, 9.17) is 5.84 Å². The van der Waals surface area contributed by atoms with Gasteiger partial charge in [0.05, 0.1) is 4.92 Å². The summed E-state index contributed by atoms with van der Waals surface area (Å²) in [4.78, 5) is 18.0. The SMILES string of the molecule is Cc1nc(NN)nc(NCCS(C)=O)c1[N+](=O)[O-]. The van der Waals surface area contributed by atoms with Gasteiger partial charge in [0.2, 0.25) is 11.8 Å². The monoisotopic (exact) mass is 274 g/mol. The van der Waals surface area contributed by atoms with E-state index < -0.39 is 15.7 Å². The predicted octanol–water partition coefficient (Wildman–Crippen LogP) is -0.231. The minimum atomic E-state index is -0.985. The summed E-state index contributed by atoms with van der Waals surface area (Å²) >= 11 is 0. The molecule has 1 aromatic rings. The molecular formula is C8H14N6O3S. The molecule has 0 aliphatic rings. The van der Waals surface area contributed by atoms with Crippen molar-refractivity contribution in [3.8, 4) is 0 Å². The molecule has 1 rings (SSSR count). The number of hydrazine groups is 1. The summed E-state index contributed by atoms with van der Waals surface area (Å²) in [5.41, 5.74) is 2.21. The second-order valence-corrected chi connectivity index (χ2v) is 4.99. The standard InChI is InChI=1S/C8H14N6O3S/c1-5-6(14(15)16)7(10-3-4-18(2)17)12-8(11-5)13-9/h3-4,9H2,1-2H3,(H2,10,11,12,13). The Bertz CT molecular complexity index is 480. The van der Waals surface area contributed by atoms with E-state index in [0.29, 0.717) is 12.3 Å². The van der Waals surface area contributed by atoms with Crippen molar-refractivity contribution in [2.75, 3.05) is 29.3 Å². The van der Waals surface area contributed by atoms with Crippen LogP contribution in [0.15, 0.2) is 0 Å². The zero-order valence-electron chi connectivity index (χ0n) is 9.97. The third-order valence-corrected chi connectivity index (χ3v) is 2.83. The van der Waals surface area contributed by atoms with Gasteiger partial charge in [0.15, 0.2) is 0 Å². The predicted molar refractivity (Wildman–Crippen MR) is 68.7 cm³/mol. The first kappa shape index (κ1) is 14.3. The van der Waals surface area contributed by atoms with E-state index in [1.165, 1.54) is 6.92 Å². The van der Waals surface area contributed by atoms with Gasteiger partial charge in [-0.05, 0) is 6.92 Å². The van der Waals surface area contributed by atoms with E-state index in [1.807, 2.05) is 0 Å². The summed E-state index contributed by atoms with van der Waals surface area (Å²) in [5, 5.41) is 13.7. The number of nitrogens with two attached hydrogens (primary N) is 1. The normalized spacial score (nSPS) is 11.9. The summed E-state index contributed by atoms with van der Waals surface area (Å²) in [6, 6.07) is 0. The number of nitrogen functional groups attached to an aromatic ring is 1. The molecule has 0 aliphatic carbocycles. The number of nitrogens with zero attached hydrogens (tertiary/aromatic N) is 3. The summed E-state index contributed by atoms with van der Waals surface area (Å²) in [5.74, 6) is 5.68. The zero-order chi connectivity index (χ0) is 13.7. The van der Waals surface area contributed by atoms with Gasteiger partial charge in [-0.15, -0.1) is 0 Å². The maximum atomic E-state index is 10.9. The Hall–Kier alpha value is -1.81. The van der Waals surface area contributed by atoms with Crippen LogP contribution in [0.5, 0.6) is 0 Å². The third-order valence-electron chi connectivity index (χ3n) is 2.05. The van der Waals surface area contributed by atoms with Gasteiger partial charge < -0.3 is 5.32 Å². The van der Waals surface area contributed by atoms with Gasteiger partial charge in [0.1, 0.15) is 5.69 Å². The van der Waals surface area contributed by atoms with E-state index in [-0.39, 0.29) is 23.1 Å². The number of hydrogen-bond donors (Lipinski definition) is 3. The first-order valence-corrected chi connectivity index (χ1v) is 6.72. The van der Waals surface area contributed by atoms with Gasteiger partial charge in [0.25, 0.3) is 0 Å². The van der Waals surface area contributed by atoms with E-state index >= 15 is 0 Å². The van der Waals surface area contributed by atoms with Crippen molar-refractivity contribution in [2.45, 2.75) is 6.92 Å². The molecule has 0 radical (unpaired) electrons. The van der Waals surface area contributed by atoms with Crippen molar-refractivity contribution in [2.24, 2.45) is 5.84 Å². The minimum absolute atomic E-state index is 0.0610. The Kier molecular flexibility index (Phi) is 4.92. The van der Waals surface area contributed by atoms with E-state index in [1.54, 1.807) is 6.26 Å². The summed E-state index contributed by atoms with van der Waals surface area (Å²) < 4.78 is 10.9. The number of nitro groups is 1. The number of anilines is 2. The second kappa shape index (κ2) is 6.21. The van der Waals surface area contributed by atoms with E-state index in [0.717, 1.165) is 0 Å². The number of hydrogen-bond acceptors (Lipinski definition) is 8. The first-order valence-electron chi connectivity index (χ1n) is 4.99. The summed E-state index contributed by atoms with van der Waals surface area (Å²) in [6.45, 7) is 1.80. The second-order valence-electron chi connectivity index (χ2n) is 3.44. The average molecular weight is 274 g/mol. The molecule has 1 aromatic heterocycles. The minimum Gasteiger partial charge on any atom is -0.363 e. The van der Waals surface area contributed by atoms with Crippen LogP contribution in [0.2, 0.25) is 0 Å². The zero-order valence-corrected chi connectivity index (χ0v) is 10.8. The maximum Gasteiger partial charge on any atom is 0.332 e. The fourth-order valence-corrected chi connectivity index (χ4v) is 1.68. The Labute approximate surface area is 106 Å². The van der Waals surface area contributed by atoms with Gasteiger partial charge in [-0.2, -0.15) is 4.98 Å². The highest BCUT2D eigenvalue weighted by atomic mass is 32.2. The number of aromatic nitrogens is 2. The fraction of sp³-hybridized carbons (Fsp3) is 0.500. The molecule has 0 saturated carbocycles. The highest BCUT2D eigenvalue weighted by Gasteiger charge is 2.21. The molecule has 0 saturated heterocycles. The lowest BCUT2D eigenvalue weighted by atomic mass is 10.3. The van der Waals surface area contributed by atoms with Gasteiger partial charge in [-0.1, -0.05) is 0 Å². The van der Waals surface area contributed by atoms with Crippen molar-refractivity contribution in [1.29, 1.82) is 0 Å². The fourth-order valence-electron chi connectivity index (χ4n) is 1.29. The molecule has 1 unspecified atom stereocenters. The van der Waals surface area contributed by atoms with Crippen LogP contribution >= 0.6 is 0 Å². The largest absolute Gasteiger partial charge is 0.363 e. The van der Waals surface area contributed by atoms with Crippen molar-refractivity contribution in [3.63, 3.8) is 0 Å². The lowest BCUT2D eigenvalue weighted by Crippen LogP contribution is -2.16. The molecule has 0 bridgehead atoms. The van der Waals surface area contributed by atoms with Gasteiger partial charge in [-0.25, -0.2) is 10.8 Å². The highest BCUT2D eigenvalue weighted by Crippen LogP contribution is 2.25. The molecule has 0 aliphatic heterocycles. The van der Waals surface area contributed by atoms with Gasteiger partial charge in [-0.3, -0.25) is 19.7 Å². The van der Waals surface area contributed by atoms with Crippen molar-refractivity contribution in [3.05, 3.63) is 15.8 Å². The highest BCUT2D eigenvalue weighted by molar-refractivity contribution is 7.84. The summed E-state index contributed by atoms with van der Waals surface area (Å²) in [6.07, 6.45) is 1.55. The molecule has 1 atom stereocenters. The Balaban J connectivity index is 3.01. The molecule has 100 valence electrons. The molecule has 10 heteroatoms. The quantitative estimate of drug-likeness (QED) is 0.367. The van der Waals surface area contributed by atoms with E-state index in [2.05, 4.69) is 20.7 Å². The van der Waals surface area contributed by atoms with Crippen LogP contribution in [0.25, 0.3) is 0 Å². The molecule has 0 aromatic carbocycles. The lowest BCUT2D eigenvalue weighted by Gasteiger charge is -2.08. The van der Waals surface area contributed by atoms with Gasteiger partial charge in [0, 0.05) is 29.4 Å². The van der Waals surface area contributed by atoms with Gasteiger partial charge >= 0.3 is 5.69 Å². The smallest absolute Gasteiger partial charge is 0.332 e. The average Bonchev–Trinajstić information content (AvgIpc) is 2.27. The van der Waals surface area contributed by atoms with Crippen LogP contribution in [0.1, 0.15) is 5.69 Å². The van der Waals surface area contributed by atoms with Crippen molar-refractivity contribution >= 4 is 28.3 Å². The molecule has 18 heavy (non-hydrogen) atoms. The van der Waals surface area contributed by atoms with E-state index in [9.17, 15) is 14.3 Å². The van der Waals surface area contributed by atoms with Crippen LogP contribution in [0.3, 0.4) is 0 Å². The third kappa shape index (κ3) is 3.60. The molecule has 1 heterocycles. The first-order chi connectivity index (χ1) is 8.45. The Morgan fingerprint density at radius 1 is 1.50 bits per heavy atom. The number of nitrogens with one attached hydrogen (secondary N) is 2. The van der Waals surface area contributed by atoms with Crippen LogP contribution in [-0.4, -0.2) is 37.7 Å². The van der Waals surface area contributed by atoms with Crippen molar-refractivity contribution < 1.29 is 9.13 Å². The van der Waals surface area contributed by atoms with Crippen LogP contribution < -0.4 is 16.6 Å². The van der Waals surface area contributed by atoms with Crippen molar-refractivity contribution in [1.82, 2.24) is 9.97 Å². The molecule has 4 N–H and O–H groups in total.